The molecule has 1 N–H and O–H groups in total. The number of hydrogen-bond acceptors (Lipinski definition) is 3. The zero-order valence-corrected chi connectivity index (χ0v) is 12.0. The molecule has 0 aromatic rings. The van der Waals surface area contributed by atoms with Gasteiger partial charge in [0.1, 0.15) is 0 Å². The van der Waals surface area contributed by atoms with Gasteiger partial charge in [-0.3, -0.25) is 0 Å². The van der Waals surface area contributed by atoms with E-state index in [1.54, 1.807) is 7.11 Å². The Morgan fingerprint density at radius 2 is 1.94 bits per heavy atom. The summed E-state index contributed by atoms with van der Waals surface area (Å²) in [5.41, 5.74) is 0.302. The van der Waals surface area contributed by atoms with Gasteiger partial charge in [-0.05, 0) is 25.4 Å². The van der Waals surface area contributed by atoms with E-state index in [-0.39, 0.29) is 0 Å². The van der Waals surface area contributed by atoms with Gasteiger partial charge in [0.05, 0.1) is 6.61 Å². The first kappa shape index (κ1) is 15.9. The van der Waals surface area contributed by atoms with Crippen LogP contribution in [0.25, 0.3) is 0 Å². The van der Waals surface area contributed by atoms with Gasteiger partial charge < -0.3 is 15.0 Å². The average Bonchev–Trinajstić information content (AvgIpc) is 2.19. The lowest BCUT2D eigenvalue weighted by atomic mass is 9.86. The van der Waals surface area contributed by atoms with E-state index < -0.39 is 0 Å². The summed E-state index contributed by atoms with van der Waals surface area (Å²) in [7, 11) is 3.91. The van der Waals surface area contributed by atoms with Gasteiger partial charge in [-0.25, -0.2) is 0 Å². The molecular weight excluding hydrogens is 200 g/mol. The third kappa shape index (κ3) is 7.20. The van der Waals surface area contributed by atoms with Crippen LogP contribution >= 0.6 is 0 Å². The van der Waals surface area contributed by atoms with Gasteiger partial charge in [-0.1, -0.05) is 27.7 Å². The molecule has 0 amide bonds. The van der Waals surface area contributed by atoms with Crippen LogP contribution in [0.15, 0.2) is 0 Å². The maximum atomic E-state index is 5.10. The second-order valence-electron chi connectivity index (χ2n) is 5.63. The van der Waals surface area contributed by atoms with Crippen molar-refractivity contribution in [3.63, 3.8) is 0 Å². The van der Waals surface area contributed by atoms with Crippen molar-refractivity contribution in [3.8, 4) is 0 Å². The van der Waals surface area contributed by atoms with Crippen molar-refractivity contribution in [1.82, 2.24) is 10.2 Å². The Labute approximate surface area is 102 Å². The maximum absolute atomic E-state index is 5.10. The van der Waals surface area contributed by atoms with Crippen LogP contribution in [0.5, 0.6) is 0 Å². The fourth-order valence-electron chi connectivity index (χ4n) is 1.61. The lowest BCUT2D eigenvalue weighted by Crippen LogP contribution is -2.48. The Hall–Kier alpha value is -0.120. The molecule has 0 heterocycles. The van der Waals surface area contributed by atoms with Crippen LogP contribution in [0.4, 0.5) is 0 Å². The minimum atomic E-state index is 0.302. The van der Waals surface area contributed by atoms with Crippen LogP contribution in [0.2, 0.25) is 0 Å². The molecule has 0 aromatic carbocycles. The van der Waals surface area contributed by atoms with Crippen molar-refractivity contribution in [2.45, 2.75) is 40.2 Å². The molecule has 0 aliphatic rings. The van der Waals surface area contributed by atoms with E-state index in [0.717, 1.165) is 26.2 Å². The summed E-state index contributed by atoms with van der Waals surface area (Å²) in [4.78, 5) is 2.34. The summed E-state index contributed by atoms with van der Waals surface area (Å²) >= 11 is 0. The maximum Gasteiger partial charge on any atom is 0.0589 e. The fraction of sp³-hybridized carbons (Fsp3) is 1.00. The van der Waals surface area contributed by atoms with Crippen LogP contribution in [0, 0.1) is 5.41 Å². The standard InChI is InChI=1S/C13H30N2O/c1-7-8-14-12(13(2,3)4)11-15(5)9-10-16-6/h12,14H,7-11H2,1-6H3. The van der Waals surface area contributed by atoms with E-state index in [9.17, 15) is 0 Å². The summed E-state index contributed by atoms with van der Waals surface area (Å²) < 4.78 is 5.10. The number of ether oxygens (including phenoxy) is 1. The number of hydrogen-bond donors (Lipinski definition) is 1. The molecule has 3 heteroatoms. The van der Waals surface area contributed by atoms with Crippen molar-refractivity contribution in [3.05, 3.63) is 0 Å². The molecular formula is C13H30N2O. The van der Waals surface area contributed by atoms with E-state index in [1.165, 1.54) is 6.42 Å². The Kier molecular flexibility index (Phi) is 7.98. The van der Waals surface area contributed by atoms with E-state index in [2.05, 4.69) is 45.0 Å². The predicted octanol–water partition coefficient (Wildman–Crippen LogP) is 1.98. The van der Waals surface area contributed by atoms with Gasteiger partial charge in [0.25, 0.3) is 0 Å². The number of nitrogens with zero attached hydrogens (tertiary/aromatic N) is 1. The van der Waals surface area contributed by atoms with Gasteiger partial charge in [-0.15, -0.1) is 0 Å². The molecule has 1 unspecified atom stereocenters. The zero-order valence-electron chi connectivity index (χ0n) is 12.0. The number of methoxy groups -OCH3 is 1. The summed E-state index contributed by atoms with van der Waals surface area (Å²) in [5, 5.41) is 3.63. The Morgan fingerprint density at radius 3 is 2.38 bits per heavy atom. The average molecular weight is 230 g/mol. The molecule has 0 saturated heterocycles. The molecule has 0 rings (SSSR count). The molecule has 0 bridgehead atoms. The quantitative estimate of drug-likeness (QED) is 0.690. The van der Waals surface area contributed by atoms with Crippen LogP contribution < -0.4 is 5.32 Å². The molecule has 98 valence electrons. The van der Waals surface area contributed by atoms with E-state index >= 15 is 0 Å². The zero-order chi connectivity index (χ0) is 12.6. The number of likely N-dealkylation sites (N-methyl/N-ethyl adjacent to an activating group) is 1. The Morgan fingerprint density at radius 1 is 1.31 bits per heavy atom. The highest BCUT2D eigenvalue weighted by atomic mass is 16.5. The lowest BCUT2D eigenvalue weighted by molar-refractivity contribution is 0.137. The van der Waals surface area contributed by atoms with Gasteiger partial charge in [-0.2, -0.15) is 0 Å². The Balaban J connectivity index is 4.09. The predicted molar refractivity (Wildman–Crippen MR) is 70.9 cm³/mol. The summed E-state index contributed by atoms with van der Waals surface area (Å²) in [6.45, 7) is 13.1. The van der Waals surface area contributed by atoms with Gasteiger partial charge in [0.15, 0.2) is 0 Å². The van der Waals surface area contributed by atoms with Crippen LogP contribution in [0.3, 0.4) is 0 Å². The molecule has 3 nitrogen and oxygen atoms in total. The van der Waals surface area contributed by atoms with Crippen molar-refractivity contribution in [2.24, 2.45) is 5.41 Å². The summed E-state index contributed by atoms with van der Waals surface area (Å²) in [6, 6.07) is 0.536. The highest BCUT2D eigenvalue weighted by molar-refractivity contribution is 4.82. The monoisotopic (exact) mass is 230 g/mol. The van der Waals surface area contributed by atoms with E-state index in [1.807, 2.05) is 0 Å². The second kappa shape index (κ2) is 8.04. The molecule has 0 saturated carbocycles. The normalized spacial score (nSPS) is 14.4. The first-order valence-corrected chi connectivity index (χ1v) is 6.32. The van der Waals surface area contributed by atoms with Crippen LogP contribution in [-0.2, 0) is 4.74 Å². The molecule has 0 spiro atoms. The van der Waals surface area contributed by atoms with Crippen molar-refractivity contribution >= 4 is 0 Å². The Bertz CT molecular complexity index is 166. The molecule has 0 aliphatic heterocycles. The number of rotatable bonds is 8. The summed E-state index contributed by atoms with van der Waals surface area (Å²) in [5.74, 6) is 0. The van der Waals surface area contributed by atoms with Crippen molar-refractivity contribution < 1.29 is 4.74 Å². The van der Waals surface area contributed by atoms with Gasteiger partial charge >= 0.3 is 0 Å². The molecule has 0 aromatic heterocycles. The highest BCUT2D eigenvalue weighted by Crippen LogP contribution is 2.19. The largest absolute Gasteiger partial charge is 0.383 e. The fourth-order valence-corrected chi connectivity index (χ4v) is 1.61. The summed E-state index contributed by atoms with van der Waals surface area (Å²) in [6.07, 6.45) is 1.19. The SMILES string of the molecule is CCCNC(CN(C)CCOC)C(C)(C)C. The smallest absolute Gasteiger partial charge is 0.0589 e. The van der Waals surface area contributed by atoms with Crippen LogP contribution in [0.1, 0.15) is 34.1 Å². The lowest BCUT2D eigenvalue weighted by Gasteiger charge is -2.34. The molecule has 1 atom stereocenters. The molecule has 0 radical (unpaired) electrons. The minimum absolute atomic E-state index is 0.302. The van der Waals surface area contributed by atoms with Crippen molar-refractivity contribution in [2.75, 3.05) is 40.4 Å². The topological polar surface area (TPSA) is 24.5 Å². The molecule has 0 aliphatic carbocycles. The first-order valence-electron chi connectivity index (χ1n) is 6.32. The third-order valence-corrected chi connectivity index (χ3v) is 2.86. The van der Waals surface area contributed by atoms with Gasteiger partial charge in [0, 0.05) is 26.2 Å². The van der Waals surface area contributed by atoms with Gasteiger partial charge in [0.2, 0.25) is 0 Å². The number of nitrogens with one attached hydrogen (secondary N) is 1. The van der Waals surface area contributed by atoms with E-state index in [4.69, 9.17) is 4.74 Å². The molecule has 0 fully saturated rings. The van der Waals surface area contributed by atoms with E-state index in [0.29, 0.717) is 11.5 Å². The third-order valence-electron chi connectivity index (χ3n) is 2.86. The molecule has 16 heavy (non-hydrogen) atoms. The first-order chi connectivity index (χ1) is 7.41. The second-order valence-corrected chi connectivity index (χ2v) is 5.63. The minimum Gasteiger partial charge on any atom is -0.383 e. The van der Waals surface area contributed by atoms with Crippen LogP contribution in [-0.4, -0.2) is 51.3 Å². The van der Waals surface area contributed by atoms with Crippen molar-refractivity contribution in [1.29, 1.82) is 0 Å². The highest BCUT2D eigenvalue weighted by Gasteiger charge is 2.24.